The van der Waals surface area contributed by atoms with Crippen molar-refractivity contribution in [1.82, 2.24) is 14.5 Å². The molecule has 2 saturated heterocycles. The molecule has 1 atom stereocenters. The Kier molecular flexibility index (Phi) is 6.02. The molecular formula is C15H23ClFN3O2S. The first-order chi connectivity index (χ1) is 10.5. The van der Waals surface area contributed by atoms with E-state index in [1.54, 1.807) is 13.0 Å². The Balaban J connectivity index is 0.00000192. The van der Waals surface area contributed by atoms with Crippen molar-refractivity contribution < 1.29 is 12.8 Å². The lowest BCUT2D eigenvalue weighted by molar-refractivity contribution is 0.145. The SMILES string of the molecule is Cc1ccc(F)c(S(=O)(=O)N2CCN(C3CCNC3)CC2)c1.Cl. The van der Waals surface area contributed by atoms with E-state index in [0.717, 1.165) is 25.1 Å². The topological polar surface area (TPSA) is 52.7 Å². The Morgan fingerprint density at radius 1 is 1.22 bits per heavy atom. The fraction of sp³-hybridized carbons (Fsp3) is 0.600. The zero-order chi connectivity index (χ0) is 15.7. The van der Waals surface area contributed by atoms with Gasteiger partial charge in [0.05, 0.1) is 0 Å². The van der Waals surface area contributed by atoms with Gasteiger partial charge in [-0.3, -0.25) is 4.90 Å². The molecule has 130 valence electrons. The molecule has 2 aliphatic rings. The number of halogens is 2. The van der Waals surface area contributed by atoms with Gasteiger partial charge in [-0.25, -0.2) is 12.8 Å². The second-order valence-electron chi connectivity index (χ2n) is 6.02. The van der Waals surface area contributed by atoms with Gasteiger partial charge in [0.25, 0.3) is 0 Å². The van der Waals surface area contributed by atoms with Crippen LogP contribution in [0.25, 0.3) is 0 Å². The van der Waals surface area contributed by atoms with E-state index in [4.69, 9.17) is 0 Å². The second-order valence-corrected chi connectivity index (χ2v) is 7.93. The molecular weight excluding hydrogens is 341 g/mol. The minimum absolute atomic E-state index is 0. The molecule has 1 unspecified atom stereocenters. The van der Waals surface area contributed by atoms with Crippen LogP contribution in [0, 0.1) is 12.7 Å². The molecule has 0 saturated carbocycles. The summed E-state index contributed by atoms with van der Waals surface area (Å²) in [5.41, 5.74) is 0.746. The average molecular weight is 364 g/mol. The number of hydrogen-bond donors (Lipinski definition) is 1. The molecule has 2 fully saturated rings. The van der Waals surface area contributed by atoms with Gasteiger partial charge in [-0.15, -0.1) is 12.4 Å². The largest absolute Gasteiger partial charge is 0.315 e. The lowest BCUT2D eigenvalue weighted by atomic mass is 10.2. The van der Waals surface area contributed by atoms with Crippen LogP contribution in [0.2, 0.25) is 0 Å². The number of hydrogen-bond acceptors (Lipinski definition) is 4. The number of nitrogens with zero attached hydrogens (tertiary/aromatic N) is 2. The minimum atomic E-state index is -3.75. The fourth-order valence-corrected chi connectivity index (χ4v) is 4.78. The van der Waals surface area contributed by atoms with Crippen LogP contribution in [0.15, 0.2) is 23.1 Å². The monoisotopic (exact) mass is 363 g/mol. The van der Waals surface area contributed by atoms with Gasteiger partial charge in [0.2, 0.25) is 10.0 Å². The number of benzene rings is 1. The van der Waals surface area contributed by atoms with Crippen LogP contribution in [-0.2, 0) is 10.0 Å². The molecule has 1 aromatic carbocycles. The van der Waals surface area contributed by atoms with Gasteiger partial charge in [-0.05, 0) is 37.6 Å². The first-order valence-electron chi connectivity index (χ1n) is 7.69. The summed E-state index contributed by atoms with van der Waals surface area (Å²) in [5.74, 6) is -0.673. The molecule has 3 rings (SSSR count). The van der Waals surface area contributed by atoms with Crippen molar-refractivity contribution in [2.45, 2.75) is 24.3 Å². The summed E-state index contributed by atoms with van der Waals surface area (Å²) in [6, 6.07) is 4.72. The van der Waals surface area contributed by atoms with Crippen LogP contribution >= 0.6 is 12.4 Å². The van der Waals surface area contributed by atoms with Crippen LogP contribution < -0.4 is 5.32 Å². The standard InChI is InChI=1S/C15H22FN3O2S.ClH/c1-12-2-3-14(16)15(10-12)22(20,21)19-8-6-18(7-9-19)13-4-5-17-11-13;/h2-3,10,13,17H,4-9,11H2,1H3;1H. The van der Waals surface area contributed by atoms with Crippen molar-refractivity contribution in [2.24, 2.45) is 0 Å². The van der Waals surface area contributed by atoms with Crippen molar-refractivity contribution in [3.05, 3.63) is 29.6 Å². The molecule has 0 aromatic heterocycles. The lowest BCUT2D eigenvalue weighted by Gasteiger charge is -2.37. The molecule has 1 N–H and O–H groups in total. The Morgan fingerprint density at radius 3 is 2.52 bits per heavy atom. The maximum atomic E-state index is 13.9. The van der Waals surface area contributed by atoms with Gasteiger partial charge in [0.15, 0.2) is 0 Å². The van der Waals surface area contributed by atoms with E-state index in [9.17, 15) is 12.8 Å². The van der Waals surface area contributed by atoms with E-state index in [0.29, 0.717) is 32.2 Å². The Bertz CT molecular complexity index is 642. The van der Waals surface area contributed by atoms with Crippen LogP contribution in [0.5, 0.6) is 0 Å². The summed E-state index contributed by atoms with van der Waals surface area (Å²) >= 11 is 0. The van der Waals surface area contributed by atoms with E-state index in [-0.39, 0.29) is 17.3 Å². The van der Waals surface area contributed by atoms with E-state index in [1.165, 1.54) is 16.4 Å². The zero-order valence-electron chi connectivity index (χ0n) is 13.2. The Labute approximate surface area is 143 Å². The minimum Gasteiger partial charge on any atom is -0.315 e. The predicted octanol–water partition coefficient (Wildman–Crippen LogP) is 1.22. The molecule has 0 spiro atoms. The van der Waals surface area contributed by atoms with E-state index in [1.807, 2.05) is 0 Å². The number of piperazine rings is 1. The predicted molar refractivity (Wildman–Crippen MR) is 90.0 cm³/mol. The molecule has 8 heteroatoms. The van der Waals surface area contributed by atoms with Crippen LogP contribution in [-0.4, -0.2) is 62.9 Å². The second kappa shape index (κ2) is 7.44. The van der Waals surface area contributed by atoms with Gasteiger partial charge in [-0.2, -0.15) is 4.31 Å². The number of rotatable bonds is 3. The molecule has 1 aromatic rings. The molecule has 0 bridgehead atoms. The average Bonchev–Trinajstić information content (AvgIpc) is 3.04. The molecule has 23 heavy (non-hydrogen) atoms. The van der Waals surface area contributed by atoms with Gasteiger partial charge in [0, 0.05) is 38.8 Å². The highest BCUT2D eigenvalue weighted by Gasteiger charge is 2.33. The Hall–Kier alpha value is -0.730. The highest BCUT2D eigenvalue weighted by atomic mass is 35.5. The number of sulfonamides is 1. The quantitative estimate of drug-likeness (QED) is 0.877. The molecule has 0 amide bonds. The smallest absolute Gasteiger partial charge is 0.246 e. The maximum Gasteiger partial charge on any atom is 0.246 e. The number of aryl methyl sites for hydroxylation is 1. The van der Waals surface area contributed by atoms with Gasteiger partial charge in [-0.1, -0.05) is 6.07 Å². The van der Waals surface area contributed by atoms with Crippen LogP contribution in [0.1, 0.15) is 12.0 Å². The van der Waals surface area contributed by atoms with E-state index >= 15 is 0 Å². The van der Waals surface area contributed by atoms with Crippen molar-refractivity contribution in [2.75, 3.05) is 39.3 Å². The first-order valence-corrected chi connectivity index (χ1v) is 9.13. The summed E-state index contributed by atoms with van der Waals surface area (Å²) in [5, 5.41) is 3.33. The maximum absolute atomic E-state index is 13.9. The highest BCUT2D eigenvalue weighted by molar-refractivity contribution is 7.89. The third-order valence-corrected chi connectivity index (χ3v) is 6.44. The van der Waals surface area contributed by atoms with Gasteiger partial charge < -0.3 is 5.32 Å². The fourth-order valence-electron chi connectivity index (χ4n) is 3.21. The number of nitrogens with one attached hydrogen (secondary N) is 1. The molecule has 2 heterocycles. The van der Waals surface area contributed by atoms with Crippen molar-refractivity contribution >= 4 is 22.4 Å². The third-order valence-electron chi connectivity index (χ3n) is 4.53. The normalized spacial score (nSPS) is 23.7. The summed E-state index contributed by atoms with van der Waals surface area (Å²) in [6.07, 6.45) is 1.11. The summed E-state index contributed by atoms with van der Waals surface area (Å²) in [4.78, 5) is 2.13. The molecule has 0 aliphatic carbocycles. The van der Waals surface area contributed by atoms with E-state index in [2.05, 4.69) is 10.2 Å². The van der Waals surface area contributed by atoms with Gasteiger partial charge >= 0.3 is 0 Å². The van der Waals surface area contributed by atoms with E-state index < -0.39 is 15.8 Å². The Morgan fingerprint density at radius 2 is 1.91 bits per heavy atom. The zero-order valence-corrected chi connectivity index (χ0v) is 14.8. The van der Waals surface area contributed by atoms with Crippen molar-refractivity contribution in [1.29, 1.82) is 0 Å². The molecule has 0 radical (unpaired) electrons. The summed E-state index contributed by atoms with van der Waals surface area (Å²) in [6.45, 7) is 6.02. The first kappa shape index (κ1) is 18.6. The summed E-state index contributed by atoms with van der Waals surface area (Å²) < 4.78 is 40.6. The molecule has 5 nitrogen and oxygen atoms in total. The lowest BCUT2D eigenvalue weighted by Crippen LogP contribution is -2.52. The highest BCUT2D eigenvalue weighted by Crippen LogP contribution is 2.22. The van der Waals surface area contributed by atoms with Crippen molar-refractivity contribution in [3.63, 3.8) is 0 Å². The van der Waals surface area contributed by atoms with Crippen LogP contribution in [0.4, 0.5) is 4.39 Å². The third kappa shape index (κ3) is 3.85. The van der Waals surface area contributed by atoms with Crippen molar-refractivity contribution in [3.8, 4) is 0 Å². The molecule has 2 aliphatic heterocycles. The van der Waals surface area contributed by atoms with Gasteiger partial charge in [0.1, 0.15) is 10.7 Å². The summed E-state index contributed by atoms with van der Waals surface area (Å²) in [7, 11) is -3.75. The van der Waals surface area contributed by atoms with Crippen LogP contribution in [0.3, 0.4) is 0 Å².